The van der Waals surface area contributed by atoms with Crippen LogP contribution in [0.4, 0.5) is 9.59 Å². The number of rotatable bonds is 10. The first-order chi connectivity index (χ1) is 23.6. The van der Waals surface area contributed by atoms with Crippen LogP contribution < -0.4 is 10.4 Å². The molecule has 2 aliphatic carbocycles. The van der Waals surface area contributed by atoms with E-state index in [4.69, 9.17) is 19.2 Å². The summed E-state index contributed by atoms with van der Waals surface area (Å²) in [4.78, 5) is 67.6. The molecule has 2 aromatic rings. The third-order valence-corrected chi connectivity index (χ3v) is 13.2. The van der Waals surface area contributed by atoms with Gasteiger partial charge in [-0.1, -0.05) is 57.2 Å². The van der Waals surface area contributed by atoms with Crippen molar-refractivity contribution < 1.29 is 48.2 Å². The first kappa shape index (κ1) is 37.6. The fourth-order valence-corrected chi connectivity index (χ4v) is 9.00. The van der Waals surface area contributed by atoms with Gasteiger partial charge in [0.2, 0.25) is 0 Å². The number of carbonyl (C=O) groups is 4. The first-order valence-electron chi connectivity index (χ1n) is 17.2. The van der Waals surface area contributed by atoms with Crippen molar-refractivity contribution >= 4 is 53.7 Å². The van der Waals surface area contributed by atoms with Gasteiger partial charge in [-0.15, -0.1) is 0 Å². The lowest BCUT2D eigenvalue weighted by Gasteiger charge is -2.33. The first-order valence-corrected chi connectivity index (χ1v) is 20.0. The summed E-state index contributed by atoms with van der Waals surface area (Å²) in [5, 5.41) is 5.14. The summed E-state index contributed by atoms with van der Waals surface area (Å²) < 4.78 is 10.8. The van der Waals surface area contributed by atoms with Crippen LogP contribution in [0.25, 0.3) is 0 Å². The number of carbonyl (C=O) groups excluding carboxylic acids is 4. The van der Waals surface area contributed by atoms with E-state index in [-0.39, 0.29) is 12.2 Å². The third kappa shape index (κ3) is 12.7. The summed E-state index contributed by atoms with van der Waals surface area (Å²) in [6, 6.07) is 14.3. The topological polar surface area (TPSA) is 124 Å². The summed E-state index contributed by atoms with van der Waals surface area (Å²) in [5.74, 6) is -0.449. The molecule has 0 aliphatic heterocycles. The predicted molar refractivity (Wildman–Crippen MR) is 190 cm³/mol. The Morgan fingerprint density at radius 1 is 0.571 bits per heavy atom. The molecule has 49 heavy (non-hydrogen) atoms. The monoisotopic (exact) mass is 708 g/mol. The quantitative estimate of drug-likeness (QED) is 0.130. The van der Waals surface area contributed by atoms with E-state index in [1.165, 1.54) is 20.8 Å². The summed E-state index contributed by atoms with van der Waals surface area (Å²) in [6.07, 6.45) is 9.26. The highest BCUT2D eigenvalue weighted by atomic mass is 28.2. The van der Waals surface area contributed by atoms with Gasteiger partial charge in [0.1, 0.15) is 12.2 Å². The zero-order valence-electron chi connectivity index (χ0n) is 28.9. The maximum atomic E-state index is 12.3. The van der Waals surface area contributed by atoms with E-state index in [9.17, 15) is 19.2 Å². The van der Waals surface area contributed by atoms with Crippen LogP contribution in [0.1, 0.15) is 106 Å². The molecule has 2 aliphatic rings. The van der Waals surface area contributed by atoms with Gasteiger partial charge in [-0.05, 0) is 122 Å². The summed E-state index contributed by atoms with van der Waals surface area (Å²) in [5.41, 5.74) is 0.610. The van der Waals surface area contributed by atoms with Crippen molar-refractivity contribution in [1.82, 2.24) is 0 Å². The maximum absolute atomic E-state index is 12.3. The molecule has 0 N–H and O–H groups in total. The van der Waals surface area contributed by atoms with Gasteiger partial charge in [0.25, 0.3) is 0 Å². The van der Waals surface area contributed by atoms with E-state index in [0.717, 1.165) is 57.8 Å². The fourth-order valence-electron chi connectivity index (χ4n) is 6.36. The summed E-state index contributed by atoms with van der Waals surface area (Å²) >= 11 is 0. The molecule has 0 heterocycles. The SMILES string of the molecule is CC=C(C)[SiH2]c1ccc(C(=O)OOC(=O)OC2CCC(CC3CCC(OC(=O)OOC(=O)c4ccc([SiH2]C(C)=CC)cc4)CC3)CC2)cc1. The Bertz CT molecular complexity index is 1360. The minimum absolute atomic E-state index is 0.278. The molecule has 2 fully saturated rings. The minimum Gasteiger partial charge on any atom is -0.428 e. The normalized spacial score (nSPS) is 21.7. The maximum Gasteiger partial charge on any atom is 0.550 e. The van der Waals surface area contributed by atoms with Gasteiger partial charge < -0.3 is 9.47 Å². The van der Waals surface area contributed by atoms with Crippen molar-refractivity contribution in [2.24, 2.45) is 11.8 Å². The Hall–Kier alpha value is -4.17. The number of hydrogen-bond donors (Lipinski definition) is 0. The van der Waals surface area contributed by atoms with Gasteiger partial charge in [-0.3, -0.25) is 0 Å². The van der Waals surface area contributed by atoms with Crippen LogP contribution in [0.2, 0.25) is 0 Å². The minimum atomic E-state index is -1.01. The number of hydrogen-bond acceptors (Lipinski definition) is 10. The average Bonchev–Trinajstić information content (AvgIpc) is 3.11. The lowest BCUT2D eigenvalue weighted by Crippen LogP contribution is -2.28. The largest absolute Gasteiger partial charge is 0.550 e. The Morgan fingerprint density at radius 2 is 0.918 bits per heavy atom. The molecule has 10 nitrogen and oxygen atoms in total. The van der Waals surface area contributed by atoms with Crippen molar-refractivity contribution in [3.05, 3.63) is 82.2 Å². The Morgan fingerprint density at radius 3 is 1.24 bits per heavy atom. The van der Waals surface area contributed by atoms with Crippen LogP contribution in [0.5, 0.6) is 0 Å². The van der Waals surface area contributed by atoms with E-state index in [1.807, 2.05) is 38.1 Å². The summed E-state index contributed by atoms with van der Waals surface area (Å²) in [6.45, 7) is 8.24. The standard InChI is InChI=1S/C37H48O10Si2/c1-5-24(3)48-32-19-11-28(12-20-32)34(38)44-46-36(40)42-30-15-7-26(8-16-30)23-27-9-17-31(18-10-27)43-37(41)47-45-35(39)29-13-21-33(22-14-29)49-25(4)6-2/h5-6,11-14,19-22,26-27,30-31H,7-10,15-18,23,48-49H2,1-4H3. The molecular formula is C37H48O10Si2. The molecule has 264 valence electrons. The molecule has 0 aromatic heterocycles. The van der Waals surface area contributed by atoms with Crippen molar-refractivity contribution in [3.63, 3.8) is 0 Å². The molecule has 0 saturated heterocycles. The van der Waals surface area contributed by atoms with Crippen LogP contribution >= 0.6 is 0 Å². The molecule has 0 atom stereocenters. The third-order valence-electron chi connectivity index (χ3n) is 9.48. The zero-order valence-corrected chi connectivity index (χ0v) is 31.8. The van der Waals surface area contributed by atoms with Gasteiger partial charge in [0.15, 0.2) is 0 Å². The molecular weight excluding hydrogens is 661 g/mol. The smallest absolute Gasteiger partial charge is 0.428 e. The van der Waals surface area contributed by atoms with E-state index in [0.29, 0.717) is 23.0 Å². The molecule has 0 radical (unpaired) electrons. The number of ether oxygens (including phenoxy) is 2. The van der Waals surface area contributed by atoms with Crippen LogP contribution in [0.15, 0.2) is 71.1 Å². The lowest BCUT2D eigenvalue weighted by atomic mass is 9.76. The van der Waals surface area contributed by atoms with Crippen molar-refractivity contribution in [2.45, 2.75) is 97.7 Å². The van der Waals surface area contributed by atoms with E-state index < -0.39 is 43.3 Å². The van der Waals surface area contributed by atoms with Gasteiger partial charge in [-0.2, -0.15) is 9.59 Å². The van der Waals surface area contributed by atoms with Crippen LogP contribution in [0, 0.1) is 11.8 Å². The second-order valence-corrected chi connectivity index (χ2v) is 17.8. The highest BCUT2D eigenvalue weighted by Gasteiger charge is 2.30. The Labute approximate surface area is 293 Å². The van der Waals surface area contributed by atoms with Crippen molar-refractivity contribution in [3.8, 4) is 0 Å². The second-order valence-electron chi connectivity index (χ2n) is 13.2. The molecule has 0 amide bonds. The Kier molecular flexibility index (Phi) is 14.7. The summed E-state index contributed by atoms with van der Waals surface area (Å²) in [7, 11) is -1.06. The number of allylic oxidation sites excluding steroid dienone is 4. The molecule has 2 aromatic carbocycles. The van der Waals surface area contributed by atoms with E-state index in [2.05, 4.69) is 35.8 Å². The average molecular weight is 709 g/mol. The Balaban J connectivity index is 1.06. The van der Waals surface area contributed by atoms with E-state index >= 15 is 0 Å². The fraction of sp³-hybridized carbons (Fsp3) is 0.459. The van der Waals surface area contributed by atoms with Gasteiger partial charge >= 0.3 is 24.2 Å². The van der Waals surface area contributed by atoms with Crippen LogP contribution in [0.3, 0.4) is 0 Å². The molecule has 2 saturated carbocycles. The van der Waals surface area contributed by atoms with Crippen molar-refractivity contribution in [1.29, 1.82) is 0 Å². The molecule has 0 bridgehead atoms. The molecule has 0 unspecified atom stereocenters. The van der Waals surface area contributed by atoms with Gasteiger partial charge in [0.05, 0.1) is 30.2 Å². The van der Waals surface area contributed by atoms with Gasteiger partial charge in [-0.25, -0.2) is 29.1 Å². The molecule has 4 rings (SSSR count). The van der Waals surface area contributed by atoms with Gasteiger partial charge in [0, 0.05) is 0 Å². The van der Waals surface area contributed by atoms with Crippen LogP contribution in [-0.4, -0.2) is 55.5 Å². The lowest BCUT2D eigenvalue weighted by molar-refractivity contribution is -0.208. The van der Waals surface area contributed by atoms with Crippen molar-refractivity contribution in [2.75, 3.05) is 0 Å². The molecule has 0 spiro atoms. The van der Waals surface area contributed by atoms with E-state index in [1.54, 1.807) is 24.3 Å². The number of benzene rings is 2. The predicted octanol–water partition coefficient (Wildman–Crippen LogP) is 5.78. The second kappa shape index (κ2) is 19.1. The van der Waals surface area contributed by atoms with Crippen LogP contribution in [-0.2, 0) is 29.0 Å². The zero-order chi connectivity index (χ0) is 35.2. The highest BCUT2D eigenvalue weighted by Crippen LogP contribution is 2.37. The highest BCUT2D eigenvalue weighted by molar-refractivity contribution is 6.61. The molecule has 12 heteroatoms.